The number of alkyl halides is 3. The molecule has 1 unspecified atom stereocenters. The third kappa shape index (κ3) is 4.55. The average Bonchev–Trinajstić information content (AvgIpc) is 3.17. The van der Waals surface area contributed by atoms with Crippen molar-refractivity contribution in [2.75, 3.05) is 6.61 Å². The fourth-order valence-corrected chi connectivity index (χ4v) is 3.75. The molecule has 168 valence electrons. The van der Waals surface area contributed by atoms with Crippen LogP contribution in [0.25, 0.3) is 16.6 Å². The fourth-order valence-electron chi connectivity index (χ4n) is 3.75. The Bertz CT molecular complexity index is 1320. The Morgan fingerprint density at radius 2 is 1.73 bits per heavy atom. The van der Waals surface area contributed by atoms with Crippen molar-refractivity contribution < 1.29 is 28.1 Å². The highest BCUT2D eigenvalue weighted by Gasteiger charge is 2.37. The summed E-state index contributed by atoms with van der Waals surface area (Å²) in [6.45, 7) is -0.349. The molecule has 0 bridgehead atoms. The molecule has 0 saturated carbocycles. The molecule has 0 fully saturated rings. The molecule has 0 aliphatic rings. The van der Waals surface area contributed by atoms with Gasteiger partial charge >= 0.3 is 6.18 Å². The van der Waals surface area contributed by atoms with Gasteiger partial charge in [0.1, 0.15) is 17.1 Å². The highest BCUT2D eigenvalue weighted by Crippen LogP contribution is 2.40. The number of hydrogen-bond acceptors (Lipinski definition) is 4. The van der Waals surface area contributed by atoms with Crippen LogP contribution in [0, 0.1) is 11.3 Å². The predicted octanol–water partition coefficient (Wildman–Crippen LogP) is 5.21. The first-order chi connectivity index (χ1) is 15.8. The van der Waals surface area contributed by atoms with E-state index in [1.54, 1.807) is 30.3 Å². The summed E-state index contributed by atoms with van der Waals surface area (Å²) in [5.41, 5.74) is 0.862. The zero-order chi connectivity index (χ0) is 23.6. The van der Waals surface area contributed by atoms with Crippen LogP contribution in [-0.2, 0) is 12.6 Å². The summed E-state index contributed by atoms with van der Waals surface area (Å²) in [5.74, 6) is -0.257. The molecule has 8 heteroatoms. The van der Waals surface area contributed by atoms with Crippen LogP contribution in [-0.4, -0.2) is 27.5 Å². The fraction of sp³-hybridized carbons (Fsp3) is 0.160. The lowest BCUT2D eigenvalue weighted by molar-refractivity contribution is -0.138. The topological polar surface area (TPSA) is 78.4 Å². The standard InChI is InChI=1S/C25H19F3N2O3/c26-25(27,28)24-16(13-29)4-3-7-23(24)33-20-10-8-18(9-11-20)30-14-17(12-19(32)15-31)21-5-1-2-6-22(21)30/h1-11,14,19,31-32H,12,15H2. The summed E-state index contributed by atoms with van der Waals surface area (Å²) in [6, 6.07) is 19.3. The van der Waals surface area contributed by atoms with Crippen molar-refractivity contribution in [2.24, 2.45) is 0 Å². The Hall–Kier alpha value is -3.80. The minimum absolute atomic E-state index is 0.187. The quantitative estimate of drug-likeness (QED) is 0.421. The van der Waals surface area contributed by atoms with E-state index in [-0.39, 0.29) is 18.8 Å². The van der Waals surface area contributed by atoms with Crippen LogP contribution in [0.1, 0.15) is 16.7 Å². The van der Waals surface area contributed by atoms with Gasteiger partial charge in [-0.15, -0.1) is 0 Å². The molecule has 0 spiro atoms. The monoisotopic (exact) mass is 452 g/mol. The van der Waals surface area contributed by atoms with Crippen LogP contribution < -0.4 is 4.74 Å². The third-order valence-electron chi connectivity index (χ3n) is 5.23. The Morgan fingerprint density at radius 1 is 1.00 bits per heavy atom. The first-order valence-corrected chi connectivity index (χ1v) is 10.1. The molecule has 1 aromatic heterocycles. The number of nitriles is 1. The second kappa shape index (κ2) is 8.98. The van der Waals surface area contributed by atoms with Gasteiger partial charge in [0.15, 0.2) is 0 Å². The van der Waals surface area contributed by atoms with E-state index in [4.69, 9.17) is 10.00 Å². The van der Waals surface area contributed by atoms with Crippen molar-refractivity contribution in [1.29, 1.82) is 5.26 Å². The van der Waals surface area contributed by atoms with Crippen LogP contribution in [0.15, 0.2) is 72.9 Å². The van der Waals surface area contributed by atoms with Crippen LogP contribution in [0.2, 0.25) is 0 Å². The highest BCUT2D eigenvalue weighted by atomic mass is 19.4. The molecule has 1 heterocycles. The lowest BCUT2D eigenvalue weighted by atomic mass is 10.1. The number of aromatic nitrogens is 1. The minimum atomic E-state index is -4.73. The molecule has 4 rings (SSSR count). The molecule has 0 aliphatic carbocycles. The Labute approximate surface area is 187 Å². The van der Waals surface area contributed by atoms with E-state index in [1.165, 1.54) is 12.1 Å². The number of para-hydroxylation sites is 1. The van der Waals surface area contributed by atoms with Gasteiger partial charge in [-0.3, -0.25) is 0 Å². The molecule has 5 nitrogen and oxygen atoms in total. The molecule has 0 radical (unpaired) electrons. The van der Waals surface area contributed by atoms with Crippen molar-refractivity contribution in [2.45, 2.75) is 18.7 Å². The molecule has 33 heavy (non-hydrogen) atoms. The number of nitrogens with zero attached hydrogens (tertiary/aromatic N) is 2. The van der Waals surface area contributed by atoms with Gasteiger partial charge in [-0.05, 0) is 48.0 Å². The van der Waals surface area contributed by atoms with Gasteiger partial charge < -0.3 is 19.5 Å². The summed E-state index contributed by atoms with van der Waals surface area (Å²) in [4.78, 5) is 0. The summed E-state index contributed by atoms with van der Waals surface area (Å²) >= 11 is 0. The van der Waals surface area contributed by atoms with Gasteiger partial charge in [0.05, 0.1) is 29.9 Å². The van der Waals surface area contributed by atoms with Crippen molar-refractivity contribution >= 4 is 10.9 Å². The number of rotatable bonds is 6. The van der Waals surface area contributed by atoms with Gasteiger partial charge in [0, 0.05) is 23.7 Å². The van der Waals surface area contributed by atoms with Crippen LogP contribution in [0.5, 0.6) is 11.5 Å². The SMILES string of the molecule is N#Cc1cccc(Oc2ccc(-n3cc(CC(O)CO)c4ccccc43)cc2)c1C(F)(F)F. The first-order valence-electron chi connectivity index (χ1n) is 10.1. The van der Waals surface area contributed by atoms with Crippen LogP contribution in [0.4, 0.5) is 13.2 Å². The van der Waals surface area contributed by atoms with Crippen LogP contribution in [0.3, 0.4) is 0 Å². The van der Waals surface area contributed by atoms with E-state index in [0.29, 0.717) is 0 Å². The predicted molar refractivity (Wildman–Crippen MR) is 116 cm³/mol. The maximum absolute atomic E-state index is 13.5. The Morgan fingerprint density at radius 3 is 2.39 bits per heavy atom. The van der Waals surface area contributed by atoms with Crippen molar-refractivity contribution in [1.82, 2.24) is 4.57 Å². The number of aliphatic hydroxyl groups excluding tert-OH is 2. The zero-order valence-electron chi connectivity index (χ0n) is 17.3. The molecule has 0 saturated heterocycles. The first kappa shape index (κ1) is 22.4. The van der Waals surface area contributed by atoms with E-state index in [0.717, 1.165) is 28.2 Å². The van der Waals surface area contributed by atoms with Crippen LogP contribution >= 0.6 is 0 Å². The number of benzene rings is 3. The Kier molecular flexibility index (Phi) is 6.09. The second-order valence-corrected chi connectivity index (χ2v) is 7.47. The molecule has 4 aromatic rings. The smallest absolute Gasteiger partial charge is 0.421 e. The normalized spacial score (nSPS) is 12.5. The van der Waals surface area contributed by atoms with Crippen molar-refractivity contribution in [3.05, 3.63) is 89.6 Å². The van der Waals surface area contributed by atoms with Gasteiger partial charge in [-0.2, -0.15) is 18.4 Å². The molecule has 0 amide bonds. The van der Waals surface area contributed by atoms with Gasteiger partial charge in [-0.25, -0.2) is 0 Å². The van der Waals surface area contributed by atoms with Gasteiger partial charge in [-0.1, -0.05) is 24.3 Å². The van der Waals surface area contributed by atoms with E-state index in [9.17, 15) is 23.4 Å². The molecule has 2 N–H and O–H groups in total. The van der Waals surface area contributed by atoms with E-state index in [1.807, 2.05) is 35.0 Å². The van der Waals surface area contributed by atoms with E-state index in [2.05, 4.69) is 0 Å². The number of fused-ring (bicyclic) bond motifs is 1. The van der Waals surface area contributed by atoms with Crippen molar-refractivity contribution in [3.63, 3.8) is 0 Å². The molecule has 0 aliphatic heterocycles. The summed E-state index contributed by atoms with van der Waals surface area (Å²) in [7, 11) is 0. The molecular formula is C25H19F3N2O3. The van der Waals surface area contributed by atoms with E-state index >= 15 is 0 Å². The number of ether oxygens (including phenoxy) is 1. The molecule has 1 atom stereocenters. The maximum Gasteiger partial charge on any atom is 0.421 e. The largest absolute Gasteiger partial charge is 0.457 e. The number of halogens is 3. The minimum Gasteiger partial charge on any atom is -0.457 e. The number of aliphatic hydroxyl groups is 2. The lowest BCUT2D eigenvalue weighted by Gasteiger charge is -2.15. The Balaban J connectivity index is 1.67. The van der Waals surface area contributed by atoms with E-state index < -0.39 is 29.2 Å². The van der Waals surface area contributed by atoms with Gasteiger partial charge in [0.2, 0.25) is 0 Å². The molecule has 3 aromatic carbocycles. The summed E-state index contributed by atoms with van der Waals surface area (Å²) < 4.78 is 47.8. The molecular weight excluding hydrogens is 433 g/mol. The van der Waals surface area contributed by atoms with Crippen molar-refractivity contribution in [3.8, 4) is 23.3 Å². The lowest BCUT2D eigenvalue weighted by Crippen LogP contribution is -2.14. The third-order valence-corrected chi connectivity index (χ3v) is 5.23. The number of hydrogen-bond donors (Lipinski definition) is 2. The highest BCUT2D eigenvalue weighted by molar-refractivity contribution is 5.85. The summed E-state index contributed by atoms with van der Waals surface area (Å²) in [6.07, 6.45) is -3.48. The second-order valence-electron chi connectivity index (χ2n) is 7.47. The zero-order valence-corrected chi connectivity index (χ0v) is 17.3. The summed E-state index contributed by atoms with van der Waals surface area (Å²) in [5, 5.41) is 29.0. The van der Waals surface area contributed by atoms with Gasteiger partial charge in [0.25, 0.3) is 0 Å². The maximum atomic E-state index is 13.5. The average molecular weight is 452 g/mol.